The number of benzene rings is 2. The minimum Gasteiger partial charge on any atom is -0.497 e. The van der Waals surface area contributed by atoms with Crippen molar-refractivity contribution in [2.45, 2.75) is 11.4 Å². The molecule has 2 atom stereocenters. The van der Waals surface area contributed by atoms with E-state index in [0.717, 1.165) is 10.4 Å². The number of rotatable bonds is 3. The van der Waals surface area contributed by atoms with Crippen LogP contribution in [0.2, 0.25) is 0 Å². The monoisotopic (exact) mass is 391 g/mol. The molecule has 3 aromatic rings. The van der Waals surface area contributed by atoms with Gasteiger partial charge in [0.05, 0.1) is 25.0 Å². The Labute approximate surface area is 158 Å². The van der Waals surface area contributed by atoms with E-state index in [-0.39, 0.29) is 11.7 Å². The molecule has 1 N–H and O–H groups in total. The van der Waals surface area contributed by atoms with E-state index in [4.69, 9.17) is 21.1 Å². The fourth-order valence-corrected chi connectivity index (χ4v) is 4.96. The average molecular weight is 392 g/mol. The predicted octanol–water partition coefficient (Wildman–Crippen LogP) is 4.56. The van der Waals surface area contributed by atoms with Gasteiger partial charge in [0.15, 0.2) is 0 Å². The standard InChI is InChI=1S/C19H15ClFNO3S/c1-24-9-6-7-10(13(8-9)25-2)16-18-14(15(20)19(23)22-16)11-4-3-5-12(21)17(11)26-18/h3-8,15-16H,1-2H3,(H,22,23). The zero-order valence-electron chi connectivity index (χ0n) is 14.0. The number of amides is 1. The number of ether oxygens (including phenoxy) is 2. The van der Waals surface area contributed by atoms with Crippen molar-refractivity contribution >= 4 is 38.9 Å². The maximum atomic E-state index is 14.3. The SMILES string of the molecule is COc1ccc(C2NC(=O)C(Cl)c3c2sc2c(F)cccc32)c(OC)c1. The van der Waals surface area contributed by atoms with Crippen molar-refractivity contribution in [3.8, 4) is 11.5 Å². The van der Waals surface area contributed by atoms with Crippen LogP contribution in [0.25, 0.3) is 10.1 Å². The topological polar surface area (TPSA) is 47.6 Å². The Balaban J connectivity index is 1.96. The molecule has 7 heteroatoms. The summed E-state index contributed by atoms with van der Waals surface area (Å²) in [6, 6.07) is 9.75. The van der Waals surface area contributed by atoms with E-state index in [2.05, 4.69) is 5.32 Å². The number of halogens is 2. The van der Waals surface area contributed by atoms with E-state index in [1.54, 1.807) is 38.5 Å². The zero-order valence-corrected chi connectivity index (χ0v) is 15.6. The molecule has 0 aliphatic carbocycles. The predicted molar refractivity (Wildman–Crippen MR) is 99.9 cm³/mol. The Hall–Kier alpha value is -2.31. The zero-order chi connectivity index (χ0) is 18.4. The highest BCUT2D eigenvalue weighted by Gasteiger charge is 2.37. The maximum Gasteiger partial charge on any atom is 0.243 e. The van der Waals surface area contributed by atoms with E-state index >= 15 is 0 Å². The van der Waals surface area contributed by atoms with Crippen LogP contribution in [0.4, 0.5) is 4.39 Å². The molecule has 2 unspecified atom stereocenters. The minimum absolute atomic E-state index is 0.314. The Bertz CT molecular complexity index is 1020. The molecule has 4 rings (SSSR count). The van der Waals surface area contributed by atoms with Crippen LogP contribution >= 0.6 is 22.9 Å². The smallest absolute Gasteiger partial charge is 0.243 e. The fraction of sp³-hybridized carbons (Fsp3) is 0.211. The van der Waals surface area contributed by atoms with Crippen molar-refractivity contribution in [2.75, 3.05) is 14.2 Å². The molecule has 0 saturated carbocycles. The second-order valence-corrected chi connectivity index (χ2v) is 7.40. The van der Waals surface area contributed by atoms with Crippen LogP contribution in [0, 0.1) is 5.82 Å². The highest BCUT2D eigenvalue weighted by Crippen LogP contribution is 2.48. The molecule has 0 radical (unpaired) electrons. The Morgan fingerprint density at radius 3 is 2.73 bits per heavy atom. The molecular weight excluding hydrogens is 377 g/mol. The number of alkyl halides is 1. The van der Waals surface area contributed by atoms with Gasteiger partial charge in [-0.2, -0.15) is 0 Å². The van der Waals surface area contributed by atoms with Gasteiger partial charge < -0.3 is 14.8 Å². The first-order valence-corrected chi connectivity index (χ1v) is 9.17. The van der Waals surface area contributed by atoms with Gasteiger partial charge in [-0.15, -0.1) is 22.9 Å². The van der Waals surface area contributed by atoms with Gasteiger partial charge in [-0.3, -0.25) is 4.79 Å². The quantitative estimate of drug-likeness (QED) is 0.666. The summed E-state index contributed by atoms with van der Waals surface area (Å²) in [5.41, 5.74) is 1.43. The summed E-state index contributed by atoms with van der Waals surface area (Å²) in [5, 5.41) is 2.75. The summed E-state index contributed by atoms with van der Waals surface area (Å²) in [6.07, 6.45) is 0. The number of hydrogen-bond donors (Lipinski definition) is 1. The Kier molecular flexibility index (Phi) is 4.25. The summed E-state index contributed by atoms with van der Waals surface area (Å²) in [6.45, 7) is 0. The molecule has 2 aromatic carbocycles. The summed E-state index contributed by atoms with van der Waals surface area (Å²) >= 11 is 7.67. The molecule has 1 aromatic heterocycles. The van der Waals surface area contributed by atoms with Crippen molar-refractivity contribution in [2.24, 2.45) is 0 Å². The van der Waals surface area contributed by atoms with Gasteiger partial charge in [0, 0.05) is 27.5 Å². The number of nitrogens with one attached hydrogen (secondary N) is 1. The third-order valence-corrected chi connectivity index (χ3v) is 6.23. The van der Waals surface area contributed by atoms with Gasteiger partial charge >= 0.3 is 0 Å². The fourth-order valence-electron chi connectivity index (χ4n) is 3.29. The molecule has 1 aliphatic heterocycles. The van der Waals surface area contributed by atoms with Gasteiger partial charge in [-0.1, -0.05) is 12.1 Å². The van der Waals surface area contributed by atoms with Crippen molar-refractivity contribution in [1.29, 1.82) is 0 Å². The van der Waals surface area contributed by atoms with E-state index in [1.165, 1.54) is 17.4 Å². The van der Waals surface area contributed by atoms with Crippen LogP contribution in [0.15, 0.2) is 36.4 Å². The molecule has 2 heterocycles. The number of fused-ring (bicyclic) bond motifs is 3. The molecule has 26 heavy (non-hydrogen) atoms. The lowest BCUT2D eigenvalue weighted by molar-refractivity contribution is -0.121. The average Bonchev–Trinajstić information content (AvgIpc) is 3.05. The molecule has 0 fully saturated rings. The van der Waals surface area contributed by atoms with Gasteiger partial charge in [0.25, 0.3) is 0 Å². The lowest BCUT2D eigenvalue weighted by atomic mass is 9.94. The van der Waals surface area contributed by atoms with Crippen LogP contribution in [-0.4, -0.2) is 20.1 Å². The van der Waals surface area contributed by atoms with Gasteiger partial charge in [-0.25, -0.2) is 4.39 Å². The number of hydrogen-bond acceptors (Lipinski definition) is 4. The first-order valence-electron chi connectivity index (χ1n) is 7.92. The van der Waals surface area contributed by atoms with Gasteiger partial charge in [0.2, 0.25) is 5.91 Å². The van der Waals surface area contributed by atoms with E-state index in [1.807, 2.05) is 6.07 Å². The molecule has 0 spiro atoms. The maximum absolute atomic E-state index is 14.3. The lowest BCUT2D eigenvalue weighted by Crippen LogP contribution is -2.36. The van der Waals surface area contributed by atoms with Crippen molar-refractivity contribution in [3.05, 3.63) is 58.2 Å². The Morgan fingerprint density at radius 1 is 1.19 bits per heavy atom. The minimum atomic E-state index is -0.860. The summed E-state index contributed by atoms with van der Waals surface area (Å²) in [7, 11) is 3.13. The van der Waals surface area contributed by atoms with Crippen molar-refractivity contribution in [1.82, 2.24) is 5.32 Å². The highest BCUT2D eigenvalue weighted by molar-refractivity contribution is 7.19. The summed E-state index contributed by atoms with van der Waals surface area (Å²) in [5.74, 6) is 0.585. The molecular formula is C19H15ClFNO3S. The number of carbonyl (C=O) groups excluding carboxylic acids is 1. The molecule has 1 aliphatic rings. The number of carbonyl (C=O) groups is 1. The number of thiophene rings is 1. The molecule has 0 bridgehead atoms. The van der Waals surface area contributed by atoms with E-state index in [9.17, 15) is 9.18 Å². The van der Waals surface area contributed by atoms with Crippen molar-refractivity contribution < 1.29 is 18.7 Å². The van der Waals surface area contributed by atoms with E-state index in [0.29, 0.717) is 27.1 Å². The molecule has 0 saturated heterocycles. The lowest BCUT2D eigenvalue weighted by Gasteiger charge is -2.28. The van der Waals surface area contributed by atoms with Crippen LogP contribution in [0.5, 0.6) is 11.5 Å². The summed E-state index contributed by atoms with van der Waals surface area (Å²) < 4.78 is 25.5. The number of methoxy groups -OCH3 is 2. The normalized spacial score (nSPS) is 19.2. The molecule has 4 nitrogen and oxygen atoms in total. The van der Waals surface area contributed by atoms with Crippen LogP contribution in [0.3, 0.4) is 0 Å². The first-order chi connectivity index (χ1) is 12.5. The second kappa shape index (κ2) is 6.45. The van der Waals surface area contributed by atoms with Crippen LogP contribution < -0.4 is 14.8 Å². The third-order valence-electron chi connectivity index (χ3n) is 4.52. The van der Waals surface area contributed by atoms with E-state index < -0.39 is 11.4 Å². The first kappa shape index (κ1) is 17.1. The van der Waals surface area contributed by atoms with Crippen LogP contribution in [-0.2, 0) is 4.79 Å². The van der Waals surface area contributed by atoms with Gasteiger partial charge in [0.1, 0.15) is 22.7 Å². The summed E-state index contributed by atoms with van der Waals surface area (Å²) in [4.78, 5) is 13.3. The van der Waals surface area contributed by atoms with Gasteiger partial charge in [-0.05, 0) is 18.2 Å². The highest BCUT2D eigenvalue weighted by atomic mass is 35.5. The molecule has 134 valence electrons. The molecule has 1 amide bonds. The Morgan fingerprint density at radius 2 is 2.00 bits per heavy atom. The third kappa shape index (κ3) is 2.52. The second-order valence-electron chi connectivity index (χ2n) is 5.91. The van der Waals surface area contributed by atoms with Crippen molar-refractivity contribution in [3.63, 3.8) is 0 Å². The van der Waals surface area contributed by atoms with Crippen LogP contribution in [0.1, 0.15) is 27.4 Å². The largest absolute Gasteiger partial charge is 0.497 e.